The molecule has 2 rings (SSSR count). The Morgan fingerprint density at radius 2 is 2.21 bits per heavy atom. The van der Waals surface area contributed by atoms with E-state index in [1.165, 1.54) is 12.8 Å². The number of nitrogens with one attached hydrogen (secondary N) is 1. The Kier molecular flexibility index (Phi) is 4.66. The molecule has 1 heterocycles. The molecule has 19 heavy (non-hydrogen) atoms. The monoisotopic (exact) mass is 266 g/mol. The van der Waals surface area contributed by atoms with Gasteiger partial charge in [-0.15, -0.1) is 0 Å². The van der Waals surface area contributed by atoms with E-state index in [-0.39, 0.29) is 11.6 Å². The first-order valence-corrected chi connectivity index (χ1v) is 7.13. The van der Waals surface area contributed by atoms with Gasteiger partial charge in [-0.05, 0) is 45.7 Å². The third kappa shape index (κ3) is 5.35. The van der Waals surface area contributed by atoms with Crippen molar-refractivity contribution in [1.82, 2.24) is 10.2 Å². The Morgan fingerprint density at radius 3 is 2.74 bits per heavy atom. The smallest absolute Gasteiger partial charge is 0.117 e. The quantitative estimate of drug-likeness (QED) is 0.792. The topological polar surface area (TPSA) is 48.6 Å². The van der Waals surface area contributed by atoms with Crippen LogP contribution < -0.4 is 5.32 Å². The first-order valence-electron chi connectivity index (χ1n) is 7.13. The zero-order valence-electron chi connectivity index (χ0n) is 12.2. The van der Waals surface area contributed by atoms with Gasteiger partial charge in [-0.25, -0.2) is 0 Å². The lowest BCUT2D eigenvalue weighted by molar-refractivity contribution is 0.0936. The second kappa shape index (κ2) is 6.07. The lowest BCUT2D eigenvalue weighted by atomic mass is 10.1. The summed E-state index contributed by atoms with van der Waals surface area (Å²) in [6.07, 6.45) is 3.84. The number of hydrogen-bond acceptors (Lipinski definition) is 4. The zero-order chi connectivity index (χ0) is 13.9. The largest absolute Gasteiger partial charge is 0.468 e. The molecule has 0 radical (unpaired) electrons. The van der Waals surface area contributed by atoms with E-state index in [0.29, 0.717) is 19.1 Å². The van der Waals surface area contributed by atoms with E-state index in [4.69, 9.17) is 4.42 Å². The first kappa shape index (κ1) is 14.6. The van der Waals surface area contributed by atoms with Crippen molar-refractivity contribution in [1.29, 1.82) is 0 Å². The van der Waals surface area contributed by atoms with Gasteiger partial charge in [0.2, 0.25) is 0 Å². The van der Waals surface area contributed by atoms with Crippen LogP contribution in [0.3, 0.4) is 0 Å². The van der Waals surface area contributed by atoms with Gasteiger partial charge in [-0.3, -0.25) is 4.90 Å². The summed E-state index contributed by atoms with van der Waals surface area (Å²) in [5.74, 6) is 0.975. The minimum Gasteiger partial charge on any atom is -0.468 e. The summed E-state index contributed by atoms with van der Waals surface area (Å²) in [6, 6.07) is 4.53. The number of aliphatic hydroxyl groups is 1. The fraction of sp³-hybridized carbons (Fsp3) is 0.733. The Hall–Kier alpha value is -0.840. The van der Waals surface area contributed by atoms with E-state index in [9.17, 15) is 5.11 Å². The number of furan rings is 1. The van der Waals surface area contributed by atoms with Crippen LogP contribution >= 0.6 is 0 Å². The summed E-state index contributed by atoms with van der Waals surface area (Å²) in [5, 5.41) is 13.5. The van der Waals surface area contributed by atoms with E-state index >= 15 is 0 Å². The molecule has 1 unspecified atom stereocenters. The molecular formula is C15H26N2O2. The average Bonchev–Trinajstić information content (AvgIpc) is 3.04. The molecule has 108 valence electrons. The van der Waals surface area contributed by atoms with E-state index in [1.807, 2.05) is 12.1 Å². The predicted octanol–water partition coefficient (Wildman–Crippen LogP) is 1.99. The van der Waals surface area contributed by atoms with Gasteiger partial charge in [0, 0.05) is 24.7 Å². The molecule has 0 bridgehead atoms. The lowest BCUT2D eigenvalue weighted by Crippen LogP contribution is -2.45. The zero-order valence-corrected chi connectivity index (χ0v) is 12.2. The van der Waals surface area contributed by atoms with Crippen LogP contribution in [-0.2, 0) is 6.54 Å². The van der Waals surface area contributed by atoms with E-state index < -0.39 is 0 Å². The van der Waals surface area contributed by atoms with Crippen LogP contribution in [-0.4, -0.2) is 40.8 Å². The summed E-state index contributed by atoms with van der Waals surface area (Å²) in [4.78, 5) is 2.33. The van der Waals surface area contributed by atoms with Crippen LogP contribution in [0.1, 0.15) is 39.4 Å². The molecule has 0 saturated heterocycles. The van der Waals surface area contributed by atoms with Crippen LogP contribution in [0, 0.1) is 0 Å². The highest BCUT2D eigenvalue weighted by Gasteiger charge is 2.30. The molecule has 1 aromatic heterocycles. The van der Waals surface area contributed by atoms with Crippen LogP contribution in [0.15, 0.2) is 22.8 Å². The standard InChI is InChI=1S/C15H26N2O2/c1-15(2,3)16-9-13(18)10-17(12-6-7-12)11-14-5-4-8-19-14/h4-5,8,12-13,16,18H,6-7,9-11H2,1-3H3. The van der Waals surface area contributed by atoms with Crippen molar-refractivity contribution in [3.8, 4) is 0 Å². The molecule has 0 spiro atoms. The molecule has 1 fully saturated rings. The van der Waals surface area contributed by atoms with E-state index in [0.717, 1.165) is 12.3 Å². The molecule has 0 amide bonds. The van der Waals surface area contributed by atoms with E-state index in [1.54, 1.807) is 6.26 Å². The van der Waals surface area contributed by atoms with Gasteiger partial charge in [0.05, 0.1) is 18.9 Å². The molecule has 4 heteroatoms. The molecule has 4 nitrogen and oxygen atoms in total. The van der Waals surface area contributed by atoms with Crippen LogP contribution in [0.5, 0.6) is 0 Å². The number of rotatable bonds is 7. The second-order valence-electron chi connectivity index (χ2n) is 6.52. The Balaban J connectivity index is 1.79. The third-order valence-corrected chi connectivity index (χ3v) is 3.32. The number of nitrogens with zero attached hydrogens (tertiary/aromatic N) is 1. The number of β-amino-alcohol motifs (C(OH)–C–C–N with tert-alkyl or cyclic N) is 1. The minimum atomic E-state index is -0.338. The molecule has 1 saturated carbocycles. The van der Waals surface area contributed by atoms with Gasteiger partial charge in [0.25, 0.3) is 0 Å². The van der Waals surface area contributed by atoms with Gasteiger partial charge >= 0.3 is 0 Å². The first-order chi connectivity index (χ1) is 8.94. The molecule has 1 aliphatic rings. The van der Waals surface area contributed by atoms with Gasteiger partial charge in [0.15, 0.2) is 0 Å². The van der Waals surface area contributed by atoms with Gasteiger partial charge in [0.1, 0.15) is 5.76 Å². The average molecular weight is 266 g/mol. The second-order valence-corrected chi connectivity index (χ2v) is 6.52. The number of hydrogen-bond donors (Lipinski definition) is 2. The Bertz CT molecular complexity index is 366. The normalized spacial score (nSPS) is 17.9. The van der Waals surface area contributed by atoms with Crippen LogP contribution in [0.4, 0.5) is 0 Å². The molecule has 1 aliphatic carbocycles. The van der Waals surface area contributed by atoms with Crippen molar-refractivity contribution >= 4 is 0 Å². The summed E-state index contributed by atoms with van der Waals surface area (Å²) in [6.45, 7) is 8.47. The molecule has 0 aliphatic heterocycles. The number of aliphatic hydroxyl groups excluding tert-OH is 1. The van der Waals surface area contributed by atoms with Gasteiger partial charge in [-0.1, -0.05) is 0 Å². The van der Waals surface area contributed by atoms with Crippen molar-refractivity contribution in [2.75, 3.05) is 13.1 Å². The highest BCUT2D eigenvalue weighted by atomic mass is 16.3. The van der Waals surface area contributed by atoms with Gasteiger partial charge < -0.3 is 14.8 Å². The van der Waals surface area contributed by atoms with Crippen molar-refractivity contribution in [2.24, 2.45) is 0 Å². The fourth-order valence-corrected chi connectivity index (χ4v) is 2.14. The summed E-state index contributed by atoms with van der Waals surface area (Å²) >= 11 is 0. The Labute approximate surface area is 115 Å². The van der Waals surface area contributed by atoms with E-state index in [2.05, 4.69) is 31.0 Å². The van der Waals surface area contributed by atoms with Crippen molar-refractivity contribution in [3.05, 3.63) is 24.2 Å². The maximum atomic E-state index is 10.2. The minimum absolute atomic E-state index is 0.0480. The predicted molar refractivity (Wildman–Crippen MR) is 75.9 cm³/mol. The maximum absolute atomic E-state index is 10.2. The highest BCUT2D eigenvalue weighted by Crippen LogP contribution is 2.28. The van der Waals surface area contributed by atoms with Crippen LogP contribution in [0.2, 0.25) is 0 Å². The molecule has 1 aromatic rings. The van der Waals surface area contributed by atoms with Crippen molar-refractivity contribution in [3.63, 3.8) is 0 Å². The summed E-state index contributed by atoms with van der Waals surface area (Å²) < 4.78 is 5.40. The molecule has 2 N–H and O–H groups in total. The summed E-state index contributed by atoms with van der Waals surface area (Å²) in [7, 11) is 0. The Morgan fingerprint density at radius 1 is 1.47 bits per heavy atom. The van der Waals surface area contributed by atoms with Gasteiger partial charge in [-0.2, -0.15) is 0 Å². The maximum Gasteiger partial charge on any atom is 0.117 e. The van der Waals surface area contributed by atoms with Crippen molar-refractivity contribution < 1.29 is 9.52 Å². The molecule has 1 atom stereocenters. The SMILES string of the molecule is CC(C)(C)NCC(O)CN(Cc1ccco1)C1CC1. The third-order valence-electron chi connectivity index (χ3n) is 3.32. The fourth-order valence-electron chi connectivity index (χ4n) is 2.14. The molecular weight excluding hydrogens is 240 g/mol. The highest BCUT2D eigenvalue weighted by molar-refractivity contribution is 5.00. The van der Waals surface area contributed by atoms with Crippen molar-refractivity contribution in [2.45, 2.75) is 57.8 Å². The lowest BCUT2D eigenvalue weighted by Gasteiger charge is -2.27. The molecule has 0 aromatic carbocycles. The summed E-state index contributed by atoms with van der Waals surface area (Å²) in [5.41, 5.74) is 0.0480. The van der Waals surface area contributed by atoms with Crippen LogP contribution in [0.25, 0.3) is 0 Å².